The minimum absolute atomic E-state index is 0.0171. The van der Waals surface area contributed by atoms with Crippen molar-refractivity contribution in [2.75, 3.05) is 5.32 Å². The van der Waals surface area contributed by atoms with Crippen LogP contribution in [-0.2, 0) is 6.18 Å². The first-order chi connectivity index (χ1) is 9.83. The SMILES string of the molecule is Cc1nnc(Nc2nc3cc(C(F)(F)F)c(Cl)cc3o2)[nH]1. The molecule has 3 aromatic rings. The monoisotopic (exact) mass is 317 g/mol. The minimum atomic E-state index is -4.56. The lowest BCUT2D eigenvalue weighted by Crippen LogP contribution is -2.05. The van der Waals surface area contributed by atoms with E-state index in [1.54, 1.807) is 6.92 Å². The van der Waals surface area contributed by atoms with Crippen LogP contribution >= 0.6 is 11.6 Å². The van der Waals surface area contributed by atoms with E-state index in [1.807, 2.05) is 0 Å². The van der Waals surface area contributed by atoms with Crippen molar-refractivity contribution in [1.29, 1.82) is 0 Å². The van der Waals surface area contributed by atoms with E-state index in [0.29, 0.717) is 5.82 Å². The third-order valence-electron chi connectivity index (χ3n) is 2.61. The van der Waals surface area contributed by atoms with E-state index >= 15 is 0 Å². The van der Waals surface area contributed by atoms with Crippen molar-refractivity contribution in [3.63, 3.8) is 0 Å². The number of aromatic nitrogens is 4. The van der Waals surface area contributed by atoms with Gasteiger partial charge in [-0.15, -0.1) is 10.2 Å². The lowest BCUT2D eigenvalue weighted by molar-refractivity contribution is -0.137. The van der Waals surface area contributed by atoms with Crippen molar-refractivity contribution in [3.8, 4) is 0 Å². The molecule has 0 spiro atoms. The number of aryl methyl sites for hydroxylation is 1. The first kappa shape index (κ1) is 13.7. The number of rotatable bonds is 2. The third kappa shape index (κ3) is 2.64. The van der Waals surface area contributed by atoms with Gasteiger partial charge in [0.2, 0.25) is 5.95 Å². The molecule has 2 aromatic heterocycles. The Hall–Kier alpha value is -2.29. The van der Waals surface area contributed by atoms with E-state index in [1.165, 1.54) is 0 Å². The van der Waals surface area contributed by atoms with Crippen molar-refractivity contribution < 1.29 is 17.6 Å². The van der Waals surface area contributed by atoms with E-state index < -0.39 is 16.8 Å². The molecule has 6 nitrogen and oxygen atoms in total. The number of benzene rings is 1. The number of hydrogen-bond acceptors (Lipinski definition) is 5. The number of alkyl halides is 3. The summed E-state index contributed by atoms with van der Waals surface area (Å²) >= 11 is 5.60. The molecule has 0 aliphatic heterocycles. The summed E-state index contributed by atoms with van der Waals surface area (Å²) in [5.41, 5.74) is -0.802. The van der Waals surface area contributed by atoms with Crippen LogP contribution in [-0.4, -0.2) is 20.2 Å². The lowest BCUT2D eigenvalue weighted by Gasteiger charge is -2.07. The topological polar surface area (TPSA) is 79.6 Å². The van der Waals surface area contributed by atoms with Gasteiger partial charge in [0.15, 0.2) is 5.58 Å². The quantitative estimate of drug-likeness (QED) is 0.754. The molecule has 0 unspecified atom stereocenters. The maximum absolute atomic E-state index is 12.8. The fourth-order valence-corrected chi connectivity index (χ4v) is 1.98. The Morgan fingerprint density at radius 3 is 2.67 bits per heavy atom. The molecule has 0 amide bonds. The average Bonchev–Trinajstić information content (AvgIpc) is 2.93. The van der Waals surface area contributed by atoms with Gasteiger partial charge in [0, 0.05) is 6.07 Å². The Kier molecular flexibility index (Phi) is 3.01. The highest BCUT2D eigenvalue weighted by Gasteiger charge is 2.34. The number of H-pyrrole nitrogens is 1. The molecule has 0 radical (unpaired) electrons. The van der Waals surface area contributed by atoms with Crippen molar-refractivity contribution in [2.24, 2.45) is 0 Å². The van der Waals surface area contributed by atoms with Crippen molar-refractivity contribution in [1.82, 2.24) is 20.2 Å². The summed E-state index contributed by atoms with van der Waals surface area (Å²) in [5.74, 6) is 0.831. The van der Waals surface area contributed by atoms with Crippen LogP contribution in [0.25, 0.3) is 11.1 Å². The zero-order chi connectivity index (χ0) is 15.2. The van der Waals surface area contributed by atoms with Crippen molar-refractivity contribution >= 4 is 34.7 Å². The Morgan fingerprint density at radius 2 is 2.05 bits per heavy atom. The molecule has 0 aliphatic carbocycles. The first-order valence-corrected chi connectivity index (χ1v) is 6.04. The van der Waals surface area contributed by atoms with Crippen LogP contribution in [0.4, 0.5) is 25.1 Å². The number of hydrogen-bond donors (Lipinski definition) is 2. The molecule has 1 aromatic carbocycles. The number of aromatic amines is 1. The van der Waals surface area contributed by atoms with Gasteiger partial charge in [-0.05, 0) is 13.0 Å². The largest absolute Gasteiger partial charge is 0.423 e. The number of oxazole rings is 1. The molecule has 3 rings (SSSR count). The second-order valence-electron chi connectivity index (χ2n) is 4.20. The molecule has 0 fully saturated rings. The van der Waals surface area contributed by atoms with Gasteiger partial charge in [0.1, 0.15) is 11.3 Å². The molecule has 2 N–H and O–H groups in total. The third-order valence-corrected chi connectivity index (χ3v) is 2.92. The second-order valence-corrected chi connectivity index (χ2v) is 4.61. The highest BCUT2D eigenvalue weighted by Crippen LogP contribution is 2.37. The summed E-state index contributed by atoms with van der Waals surface area (Å²) in [6.07, 6.45) is -4.56. The summed E-state index contributed by atoms with van der Waals surface area (Å²) in [6.45, 7) is 1.69. The number of nitrogens with one attached hydrogen (secondary N) is 2. The maximum Gasteiger partial charge on any atom is 0.417 e. The zero-order valence-corrected chi connectivity index (χ0v) is 11.2. The predicted molar refractivity (Wildman–Crippen MR) is 68.4 cm³/mol. The minimum Gasteiger partial charge on any atom is -0.423 e. The second kappa shape index (κ2) is 4.62. The van der Waals surface area contributed by atoms with Crippen molar-refractivity contribution in [3.05, 3.63) is 28.5 Å². The van der Waals surface area contributed by atoms with Gasteiger partial charge in [-0.3, -0.25) is 5.32 Å². The number of fused-ring (bicyclic) bond motifs is 1. The van der Waals surface area contributed by atoms with Gasteiger partial charge in [-0.1, -0.05) is 11.6 Å². The molecule has 10 heteroatoms. The van der Waals surface area contributed by atoms with Gasteiger partial charge in [-0.25, -0.2) is 0 Å². The van der Waals surface area contributed by atoms with Crippen LogP contribution in [0.5, 0.6) is 0 Å². The van der Waals surface area contributed by atoms with Gasteiger partial charge in [0.05, 0.1) is 10.6 Å². The molecule has 0 bridgehead atoms. The van der Waals surface area contributed by atoms with Crippen LogP contribution in [0.15, 0.2) is 16.5 Å². The average molecular weight is 318 g/mol. The van der Waals surface area contributed by atoms with Gasteiger partial charge < -0.3 is 9.40 Å². The van der Waals surface area contributed by atoms with Crippen LogP contribution in [0.2, 0.25) is 5.02 Å². The van der Waals surface area contributed by atoms with Crippen LogP contribution in [0.3, 0.4) is 0 Å². The van der Waals surface area contributed by atoms with Gasteiger partial charge in [0.25, 0.3) is 0 Å². The standard InChI is InChI=1S/C11H7ClF3N5O/c1-4-16-9(20-19-4)18-10-17-7-2-5(11(13,14)15)6(12)3-8(7)21-10/h2-3H,1H3,(H2,16,17,18,19,20). The molecule has 2 heterocycles. The van der Waals surface area contributed by atoms with E-state index in [2.05, 4.69) is 25.5 Å². The molecule has 0 saturated heterocycles. The molecule has 0 atom stereocenters. The van der Waals surface area contributed by atoms with Gasteiger partial charge >= 0.3 is 12.2 Å². The molecule has 21 heavy (non-hydrogen) atoms. The summed E-state index contributed by atoms with van der Waals surface area (Å²) in [4.78, 5) is 6.68. The summed E-state index contributed by atoms with van der Waals surface area (Å²) in [7, 11) is 0. The lowest BCUT2D eigenvalue weighted by atomic mass is 10.2. The molecule has 0 aliphatic rings. The normalized spacial score (nSPS) is 12.0. The molecular formula is C11H7ClF3N5O. The Bertz CT molecular complexity index is 810. The van der Waals surface area contributed by atoms with Crippen LogP contribution in [0.1, 0.15) is 11.4 Å². The Labute approximate surface area is 120 Å². The van der Waals surface area contributed by atoms with E-state index in [0.717, 1.165) is 12.1 Å². The van der Waals surface area contributed by atoms with Gasteiger partial charge in [-0.2, -0.15) is 18.2 Å². The molecule has 0 saturated carbocycles. The fraction of sp³-hybridized carbons (Fsp3) is 0.182. The number of nitrogens with zero attached hydrogens (tertiary/aromatic N) is 3. The zero-order valence-electron chi connectivity index (χ0n) is 10.4. The fourth-order valence-electron chi connectivity index (χ4n) is 1.72. The summed E-state index contributed by atoms with van der Waals surface area (Å²) < 4.78 is 43.5. The van der Waals surface area contributed by atoms with E-state index in [9.17, 15) is 13.2 Å². The van der Waals surface area contributed by atoms with E-state index in [-0.39, 0.29) is 23.1 Å². The number of anilines is 2. The van der Waals surface area contributed by atoms with Crippen LogP contribution in [0, 0.1) is 6.92 Å². The maximum atomic E-state index is 12.8. The summed E-state index contributed by atoms with van der Waals surface area (Å²) in [6, 6.07) is 1.89. The Morgan fingerprint density at radius 1 is 1.29 bits per heavy atom. The Balaban J connectivity index is 2.00. The number of halogens is 4. The first-order valence-electron chi connectivity index (χ1n) is 5.66. The highest BCUT2D eigenvalue weighted by atomic mass is 35.5. The van der Waals surface area contributed by atoms with Crippen molar-refractivity contribution in [2.45, 2.75) is 13.1 Å². The highest BCUT2D eigenvalue weighted by molar-refractivity contribution is 6.32. The molecule has 110 valence electrons. The van der Waals surface area contributed by atoms with E-state index in [4.69, 9.17) is 16.0 Å². The predicted octanol–water partition coefficient (Wildman–Crippen LogP) is 3.67. The smallest absolute Gasteiger partial charge is 0.417 e. The summed E-state index contributed by atoms with van der Waals surface area (Å²) in [5, 5.41) is 9.66. The van der Waals surface area contributed by atoms with Crippen LogP contribution < -0.4 is 5.32 Å². The molecular weight excluding hydrogens is 311 g/mol.